The Kier molecular flexibility index (Phi) is 13.6. The first kappa shape index (κ1) is 12.1. The van der Waals surface area contributed by atoms with Crippen molar-refractivity contribution in [2.45, 2.75) is 32.6 Å². The Labute approximate surface area is 61.2 Å². The maximum Gasteiger partial charge on any atom is 0.303 e. The van der Waals surface area contributed by atoms with Gasteiger partial charge in [-0.2, -0.15) is 0 Å². The van der Waals surface area contributed by atoms with E-state index in [0.29, 0.717) is 6.42 Å². The molecule has 0 aliphatic carbocycles. The second kappa shape index (κ2) is 11.2. The van der Waals surface area contributed by atoms with Crippen LogP contribution in [0, 0.1) is 0 Å². The quantitative estimate of drug-likeness (QED) is 0.307. The second-order valence-corrected chi connectivity index (χ2v) is 1.85. The zero-order chi connectivity index (χ0) is 8.41. The average molecular weight is 148 g/mol. The van der Waals surface area contributed by atoms with E-state index in [1.807, 2.05) is 0 Å². The highest BCUT2D eigenvalue weighted by atomic mass is 16.4. The van der Waals surface area contributed by atoms with Crippen molar-refractivity contribution in [2.75, 3.05) is 0 Å². The number of hydrazine groups is 1. The molecule has 0 aliphatic heterocycles. The van der Waals surface area contributed by atoms with Gasteiger partial charge in [0.1, 0.15) is 0 Å². The number of carboxylic acids is 1. The van der Waals surface area contributed by atoms with Crippen LogP contribution in [0.5, 0.6) is 0 Å². The zero-order valence-electron chi connectivity index (χ0n) is 6.34. The second-order valence-electron chi connectivity index (χ2n) is 1.85. The maximum absolute atomic E-state index is 9.87. The molecule has 0 unspecified atom stereocenters. The minimum absolute atomic E-state index is 0.327. The van der Waals surface area contributed by atoms with Gasteiger partial charge >= 0.3 is 5.97 Å². The third-order valence-corrected chi connectivity index (χ3v) is 0.994. The summed E-state index contributed by atoms with van der Waals surface area (Å²) in [7, 11) is 0. The topological polar surface area (TPSA) is 89.3 Å². The summed E-state index contributed by atoms with van der Waals surface area (Å²) in [6.45, 7) is 2.06. The Morgan fingerprint density at radius 3 is 2.20 bits per heavy atom. The number of unbranched alkanes of at least 4 members (excludes halogenated alkanes) is 2. The first-order valence-electron chi connectivity index (χ1n) is 3.32. The zero-order valence-corrected chi connectivity index (χ0v) is 6.34. The monoisotopic (exact) mass is 148 g/mol. The van der Waals surface area contributed by atoms with Gasteiger partial charge in [0.15, 0.2) is 0 Å². The van der Waals surface area contributed by atoms with E-state index in [2.05, 4.69) is 18.6 Å². The summed E-state index contributed by atoms with van der Waals surface area (Å²) in [5.74, 6) is 7.32. The van der Waals surface area contributed by atoms with Crippen molar-refractivity contribution in [1.82, 2.24) is 0 Å². The molecular weight excluding hydrogens is 132 g/mol. The van der Waals surface area contributed by atoms with Crippen molar-refractivity contribution < 1.29 is 9.90 Å². The third kappa shape index (κ3) is 15.7. The Balaban J connectivity index is 0. The van der Waals surface area contributed by atoms with Gasteiger partial charge in [-0.25, -0.2) is 0 Å². The molecule has 10 heavy (non-hydrogen) atoms. The van der Waals surface area contributed by atoms with Gasteiger partial charge in [0, 0.05) is 6.42 Å². The summed E-state index contributed by atoms with van der Waals surface area (Å²) >= 11 is 0. The van der Waals surface area contributed by atoms with Crippen molar-refractivity contribution in [3.8, 4) is 0 Å². The molecule has 0 aromatic carbocycles. The summed E-state index contributed by atoms with van der Waals surface area (Å²) in [5.41, 5.74) is 0. The molecule has 0 fully saturated rings. The molecule has 0 radical (unpaired) electrons. The number of aliphatic carboxylic acids is 1. The van der Waals surface area contributed by atoms with Gasteiger partial charge in [-0.3, -0.25) is 16.5 Å². The summed E-state index contributed by atoms with van der Waals surface area (Å²) < 4.78 is 0. The SMILES string of the molecule is CCCCCC(=O)O.NN. The van der Waals surface area contributed by atoms with E-state index >= 15 is 0 Å². The molecule has 4 heteroatoms. The lowest BCUT2D eigenvalue weighted by molar-refractivity contribution is -0.137. The van der Waals surface area contributed by atoms with Crippen LogP contribution < -0.4 is 11.7 Å². The average Bonchev–Trinajstić information content (AvgIpc) is 1.92. The fraction of sp³-hybridized carbons (Fsp3) is 0.833. The first-order valence-corrected chi connectivity index (χ1v) is 3.32. The number of carbonyl (C=O) groups is 1. The first-order chi connectivity index (χ1) is 4.77. The highest BCUT2D eigenvalue weighted by Crippen LogP contribution is 1.97. The fourth-order valence-electron chi connectivity index (χ4n) is 0.526. The Morgan fingerprint density at radius 2 is 1.90 bits per heavy atom. The van der Waals surface area contributed by atoms with Crippen LogP contribution in [0.15, 0.2) is 0 Å². The van der Waals surface area contributed by atoms with Crippen molar-refractivity contribution >= 4 is 5.97 Å². The maximum atomic E-state index is 9.87. The van der Waals surface area contributed by atoms with Crippen LogP contribution in [-0.2, 0) is 4.79 Å². The largest absolute Gasteiger partial charge is 0.481 e. The van der Waals surface area contributed by atoms with Gasteiger partial charge in [-0.1, -0.05) is 19.8 Å². The van der Waals surface area contributed by atoms with Crippen LogP contribution in [-0.4, -0.2) is 11.1 Å². The lowest BCUT2D eigenvalue weighted by Crippen LogP contribution is -2.02. The Morgan fingerprint density at radius 1 is 1.40 bits per heavy atom. The van der Waals surface area contributed by atoms with Gasteiger partial charge in [-0.15, -0.1) is 0 Å². The van der Waals surface area contributed by atoms with E-state index < -0.39 is 5.97 Å². The number of nitrogens with two attached hydrogens (primary N) is 2. The molecule has 0 heterocycles. The molecule has 0 aromatic rings. The summed E-state index contributed by atoms with van der Waals surface area (Å²) in [6, 6.07) is 0. The van der Waals surface area contributed by atoms with E-state index in [9.17, 15) is 4.79 Å². The van der Waals surface area contributed by atoms with Gasteiger partial charge in [0.05, 0.1) is 0 Å². The molecule has 0 amide bonds. The van der Waals surface area contributed by atoms with Crippen molar-refractivity contribution in [2.24, 2.45) is 11.7 Å². The van der Waals surface area contributed by atoms with E-state index in [1.54, 1.807) is 0 Å². The summed E-state index contributed by atoms with van der Waals surface area (Å²) in [6.07, 6.45) is 3.28. The van der Waals surface area contributed by atoms with Gasteiger partial charge in [-0.05, 0) is 6.42 Å². The number of carboxylic acid groups (broad SMARTS) is 1. The van der Waals surface area contributed by atoms with Crippen LogP contribution in [0.25, 0.3) is 0 Å². The summed E-state index contributed by atoms with van der Waals surface area (Å²) in [4.78, 5) is 9.87. The molecule has 0 saturated carbocycles. The van der Waals surface area contributed by atoms with Crippen LogP contribution in [0.4, 0.5) is 0 Å². The molecule has 4 nitrogen and oxygen atoms in total. The smallest absolute Gasteiger partial charge is 0.303 e. The predicted molar refractivity (Wildman–Crippen MR) is 40.2 cm³/mol. The van der Waals surface area contributed by atoms with Gasteiger partial charge < -0.3 is 5.11 Å². The van der Waals surface area contributed by atoms with E-state index in [-0.39, 0.29) is 0 Å². The minimum atomic E-state index is -0.682. The molecule has 0 aromatic heterocycles. The molecule has 0 rings (SSSR count). The highest BCUT2D eigenvalue weighted by Gasteiger charge is 1.92. The van der Waals surface area contributed by atoms with Gasteiger partial charge in [0.25, 0.3) is 0 Å². The van der Waals surface area contributed by atoms with Gasteiger partial charge in [0.2, 0.25) is 0 Å². The van der Waals surface area contributed by atoms with Crippen LogP contribution in [0.2, 0.25) is 0 Å². The van der Waals surface area contributed by atoms with Crippen LogP contribution in [0.1, 0.15) is 32.6 Å². The third-order valence-electron chi connectivity index (χ3n) is 0.994. The fourth-order valence-corrected chi connectivity index (χ4v) is 0.526. The van der Waals surface area contributed by atoms with Crippen LogP contribution in [0.3, 0.4) is 0 Å². The van der Waals surface area contributed by atoms with Crippen molar-refractivity contribution in [3.05, 3.63) is 0 Å². The van der Waals surface area contributed by atoms with Crippen molar-refractivity contribution in [3.63, 3.8) is 0 Å². The van der Waals surface area contributed by atoms with E-state index in [4.69, 9.17) is 5.11 Å². The Hall–Kier alpha value is -0.610. The molecular formula is C6H16N2O2. The molecule has 5 N–H and O–H groups in total. The molecule has 0 aliphatic rings. The predicted octanol–water partition coefficient (Wildman–Crippen LogP) is 0.470. The number of hydrogen-bond donors (Lipinski definition) is 3. The molecule has 62 valence electrons. The lowest BCUT2D eigenvalue weighted by atomic mass is 10.2. The summed E-state index contributed by atoms with van der Waals surface area (Å²) in [5, 5.41) is 8.14. The van der Waals surface area contributed by atoms with Crippen LogP contribution >= 0.6 is 0 Å². The normalized spacial score (nSPS) is 7.90. The molecule has 0 bridgehead atoms. The number of rotatable bonds is 4. The Bertz CT molecular complexity index is 76.1. The molecule has 0 spiro atoms. The minimum Gasteiger partial charge on any atom is -0.481 e. The highest BCUT2D eigenvalue weighted by molar-refractivity contribution is 5.66. The van der Waals surface area contributed by atoms with Crippen molar-refractivity contribution in [1.29, 1.82) is 0 Å². The van der Waals surface area contributed by atoms with E-state index in [0.717, 1.165) is 19.3 Å². The standard InChI is InChI=1S/C6H12O2.H4N2/c1-2-3-4-5-6(7)8;1-2/h2-5H2,1H3,(H,7,8);1-2H2. The van der Waals surface area contributed by atoms with E-state index in [1.165, 1.54) is 0 Å². The lowest BCUT2D eigenvalue weighted by Gasteiger charge is -1.89. The number of hydrogen-bond acceptors (Lipinski definition) is 3. The molecule has 0 atom stereocenters. The molecule has 0 saturated heterocycles.